The van der Waals surface area contributed by atoms with Crippen LogP contribution in [0.5, 0.6) is 11.5 Å². The highest BCUT2D eigenvalue weighted by molar-refractivity contribution is 5.89. The van der Waals surface area contributed by atoms with Crippen LogP contribution in [0.3, 0.4) is 0 Å². The van der Waals surface area contributed by atoms with E-state index >= 15 is 0 Å². The van der Waals surface area contributed by atoms with Gasteiger partial charge >= 0.3 is 0 Å². The van der Waals surface area contributed by atoms with Crippen LogP contribution in [-0.4, -0.2) is 43.0 Å². The zero-order valence-electron chi connectivity index (χ0n) is 14.1. The Balaban J connectivity index is 1.74. The molecule has 1 spiro atoms. The molecule has 2 aliphatic carbocycles. The molecule has 2 heterocycles. The number of likely N-dealkylation sites (tertiary alicyclic amines) is 1. The van der Waals surface area contributed by atoms with Crippen molar-refractivity contribution in [3.63, 3.8) is 0 Å². The molecule has 0 radical (unpaired) electrons. The molecule has 5 rings (SSSR count). The van der Waals surface area contributed by atoms with Gasteiger partial charge in [0.15, 0.2) is 23.4 Å². The van der Waals surface area contributed by atoms with Crippen molar-refractivity contribution in [3.8, 4) is 11.5 Å². The van der Waals surface area contributed by atoms with E-state index in [-0.39, 0.29) is 17.3 Å². The fraction of sp³-hybridized carbons (Fsp3) is 0.550. The van der Waals surface area contributed by atoms with Gasteiger partial charge in [0, 0.05) is 30.0 Å². The van der Waals surface area contributed by atoms with Gasteiger partial charge in [0.05, 0.1) is 7.11 Å². The number of hydrogen-bond acceptors (Lipinski definition) is 4. The first-order valence-corrected chi connectivity index (χ1v) is 8.95. The number of ether oxygens (including phenoxy) is 2. The molecule has 2 aliphatic heterocycles. The first kappa shape index (κ1) is 14.5. The molecule has 0 N–H and O–H groups in total. The number of nitrogens with zero attached hydrogens (tertiary/aromatic N) is 1. The van der Waals surface area contributed by atoms with Gasteiger partial charge in [-0.2, -0.15) is 0 Å². The van der Waals surface area contributed by atoms with E-state index in [1.54, 1.807) is 7.11 Å². The Morgan fingerprint density at radius 1 is 1.50 bits per heavy atom. The smallest absolute Gasteiger partial charge is 0.174 e. The predicted octanol–water partition coefficient (Wildman–Crippen LogP) is 2.49. The van der Waals surface area contributed by atoms with Crippen molar-refractivity contribution in [1.82, 2.24) is 4.90 Å². The number of rotatable bonds is 3. The Morgan fingerprint density at radius 3 is 3.17 bits per heavy atom. The van der Waals surface area contributed by atoms with Crippen molar-refractivity contribution in [2.75, 3.05) is 20.2 Å². The molecule has 4 heteroatoms. The highest BCUT2D eigenvalue weighted by atomic mass is 16.5. The molecule has 1 saturated heterocycles. The maximum absolute atomic E-state index is 12.7. The van der Waals surface area contributed by atoms with E-state index < -0.39 is 0 Å². The standard InChI is InChI=1S/C20H23NO3/c1-3-9-21-10-8-20-13-5-6-15(22)19(20)24-18-16(23-2)7-4-12(17(18)20)11-14(13)21/h3-4,7,13-14,19H,1,5-6,8-11H2,2H3/t13-,14+,19?,20-/m0/s1. The van der Waals surface area contributed by atoms with Gasteiger partial charge in [0.25, 0.3) is 0 Å². The summed E-state index contributed by atoms with van der Waals surface area (Å²) in [5, 5.41) is 0. The van der Waals surface area contributed by atoms with E-state index in [9.17, 15) is 4.79 Å². The first-order valence-electron chi connectivity index (χ1n) is 8.95. The summed E-state index contributed by atoms with van der Waals surface area (Å²) in [6.07, 6.45) is 5.34. The van der Waals surface area contributed by atoms with Crippen molar-refractivity contribution >= 4 is 5.78 Å². The molecule has 2 bridgehead atoms. The van der Waals surface area contributed by atoms with E-state index in [1.165, 1.54) is 11.1 Å². The topological polar surface area (TPSA) is 38.8 Å². The summed E-state index contributed by atoms with van der Waals surface area (Å²) >= 11 is 0. The number of hydrogen-bond donors (Lipinski definition) is 0. The average Bonchev–Trinajstić information content (AvgIpc) is 2.94. The van der Waals surface area contributed by atoms with Gasteiger partial charge in [-0.3, -0.25) is 9.69 Å². The largest absolute Gasteiger partial charge is 0.493 e. The summed E-state index contributed by atoms with van der Waals surface area (Å²) < 4.78 is 11.8. The Bertz CT molecular complexity index is 743. The summed E-state index contributed by atoms with van der Waals surface area (Å²) in [5.41, 5.74) is 2.51. The van der Waals surface area contributed by atoms with Gasteiger partial charge in [-0.05, 0) is 43.4 Å². The fourth-order valence-electron chi connectivity index (χ4n) is 5.95. The molecule has 1 aromatic carbocycles. The van der Waals surface area contributed by atoms with E-state index in [1.807, 2.05) is 12.1 Å². The SMILES string of the molecule is C=CCN1CC[C@]23c4c5ccc(OC)c4OC2C(=O)CC[C@H]3[C@H]1C5. The summed E-state index contributed by atoms with van der Waals surface area (Å²) in [6, 6.07) is 4.67. The molecule has 24 heavy (non-hydrogen) atoms. The minimum Gasteiger partial charge on any atom is -0.493 e. The second-order valence-corrected chi connectivity index (χ2v) is 7.59. The van der Waals surface area contributed by atoms with Gasteiger partial charge in [0.1, 0.15) is 0 Å². The summed E-state index contributed by atoms with van der Waals surface area (Å²) in [4.78, 5) is 15.3. The zero-order chi connectivity index (χ0) is 16.5. The maximum Gasteiger partial charge on any atom is 0.174 e. The highest BCUT2D eigenvalue weighted by Crippen LogP contribution is 2.63. The Hall–Kier alpha value is -1.81. The quantitative estimate of drug-likeness (QED) is 0.801. The lowest BCUT2D eigenvalue weighted by molar-refractivity contribution is -0.138. The van der Waals surface area contributed by atoms with Crippen molar-refractivity contribution in [3.05, 3.63) is 35.9 Å². The minimum atomic E-state index is -0.310. The fourth-order valence-corrected chi connectivity index (χ4v) is 5.95. The maximum atomic E-state index is 12.7. The van der Waals surface area contributed by atoms with E-state index in [0.717, 1.165) is 43.9 Å². The number of carbonyl (C=O) groups excluding carboxylic acids is 1. The summed E-state index contributed by atoms with van der Waals surface area (Å²) in [5.74, 6) is 2.38. The second-order valence-electron chi connectivity index (χ2n) is 7.59. The van der Waals surface area contributed by atoms with Crippen molar-refractivity contribution in [2.45, 2.75) is 43.2 Å². The predicted molar refractivity (Wildman–Crippen MR) is 90.7 cm³/mol. The van der Waals surface area contributed by atoms with Crippen molar-refractivity contribution in [1.29, 1.82) is 0 Å². The summed E-state index contributed by atoms with van der Waals surface area (Å²) in [6.45, 7) is 5.87. The van der Waals surface area contributed by atoms with Crippen LogP contribution in [0.15, 0.2) is 24.8 Å². The molecule has 1 saturated carbocycles. The van der Waals surface area contributed by atoms with E-state index in [2.05, 4.69) is 17.5 Å². The average molecular weight is 325 g/mol. The Labute approximate surface area is 142 Å². The van der Waals surface area contributed by atoms with Crippen molar-refractivity contribution in [2.24, 2.45) is 5.92 Å². The highest BCUT2D eigenvalue weighted by Gasteiger charge is 2.65. The van der Waals surface area contributed by atoms with Crippen LogP contribution in [0.2, 0.25) is 0 Å². The number of Topliss-reactive ketones (excluding diaryl/α,β-unsaturated/α-hetero) is 1. The van der Waals surface area contributed by atoms with Crippen LogP contribution in [0, 0.1) is 5.92 Å². The minimum absolute atomic E-state index is 0.130. The lowest BCUT2D eigenvalue weighted by atomic mass is 9.51. The molecule has 4 aliphatic rings. The number of methoxy groups -OCH3 is 1. The molecule has 1 unspecified atom stereocenters. The van der Waals surface area contributed by atoms with Crippen LogP contribution in [0.4, 0.5) is 0 Å². The second kappa shape index (κ2) is 4.85. The number of carbonyl (C=O) groups is 1. The molecule has 4 atom stereocenters. The molecule has 2 fully saturated rings. The zero-order valence-corrected chi connectivity index (χ0v) is 14.1. The molecule has 4 nitrogen and oxygen atoms in total. The van der Waals surface area contributed by atoms with Gasteiger partial charge in [-0.25, -0.2) is 0 Å². The third kappa shape index (κ3) is 1.55. The monoisotopic (exact) mass is 325 g/mol. The number of piperidine rings is 1. The number of benzene rings is 1. The van der Waals surface area contributed by atoms with Gasteiger partial charge in [-0.15, -0.1) is 6.58 Å². The lowest BCUT2D eigenvalue weighted by Gasteiger charge is -2.57. The molecule has 1 aromatic rings. The van der Waals surface area contributed by atoms with Gasteiger partial charge in [0.2, 0.25) is 0 Å². The van der Waals surface area contributed by atoms with Crippen LogP contribution < -0.4 is 9.47 Å². The van der Waals surface area contributed by atoms with Crippen LogP contribution in [0.25, 0.3) is 0 Å². The Kier molecular flexibility index (Phi) is 2.94. The van der Waals surface area contributed by atoms with Crippen molar-refractivity contribution < 1.29 is 14.3 Å². The Morgan fingerprint density at radius 2 is 2.38 bits per heavy atom. The first-order chi connectivity index (χ1) is 11.7. The lowest BCUT2D eigenvalue weighted by Crippen LogP contribution is -2.66. The summed E-state index contributed by atoms with van der Waals surface area (Å²) in [7, 11) is 1.68. The normalized spacial score (nSPS) is 36.0. The van der Waals surface area contributed by atoms with Gasteiger partial charge < -0.3 is 9.47 Å². The van der Waals surface area contributed by atoms with Gasteiger partial charge in [-0.1, -0.05) is 12.1 Å². The van der Waals surface area contributed by atoms with Crippen LogP contribution in [0.1, 0.15) is 30.4 Å². The molecular formula is C20H23NO3. The van der Waals surface area contributed by atoms with E-state index in [0.29, 0.717) is 18.4 Å². The molecule has 126 valence electrons. The molecule has 0 aromatic heterocycles. The third-order valence-corrected chi connectivity index (χ3v) is 6.79. The van der Waals surface area contributed by atoms with E-state index in [4.69, 9.17) is 9.47 Å². The molecule has 0 amide bonds. The number of ketones is 1. The van der Waals surface area contributed by atoms with Crippen LogP contribution >= 0.6 is 0 Å². The third-order valence-electron chi connectivity index (χ3n) is 6.79. The molecular weight excluding hydrogens is 302 g/mol. The van der Waals surface area contributed by atoms with Crippen LogP contribution in [-0.2, 0) is 16.6 Å².